The van der Waals surface area contributed by atoms with E-state index < -0.39 is 10.0 Å². The Kier molecular flexibility index (Phi) is 3.37. The predicted octanol–water partition coefficient (Wildman–Crippen LogP) is 2.72. The van der Waals surface area contributed by atoms with Crippen LogP contribution in [0.4, 0.5) is 11.4 Å². The Balaban J connectivity index is 2.07. The third-order valence-electron chi connectivity index (χ3n) is 3.78. The quantitative estimate of drug-likeness (QED) is 0.868. The van der Waals surface area contributed by atoms with Gasteiger partial charge < -0.3 is 5.73 Å². The SMILES string of the molecule is Cc1ccc2c(c1)CCCN2S(=O)(=O)c1ccc(N)cc1. The number of aryl methyl sites for hydroxylation is 2. The van der Waals surface area contributed by atoms with Crippen LogP contribution >= 0.6 is 0 Å². The largest absolute Gasteiger partial charge is 0.399 e. The van der Waals surface area contributed by atoms with E-state index in [1.807, 2.05) is 19.1 Å². The fraction of sp³-hybridized carbons (Fsp3) is 0.250. The van der Waals surface area contributed by atoms with Crippen molar-refractivity contribution in [2.75, 3.05) is 16.6 Å². The molecule has 2 N–H and O–H groups in total. The molecule has 1 heterocycles. The number of hydrogen-bond acceptors (Lipinski definition) is 3. The summed E-state index contributed by atoms with van der Waals surface area (Å²) in [5.74, 6) is 0. The first-order valence-electron chi connectivity index (χ1n) is 6.96. The summed E-state index contributed by atoms with van der Waals surface area (Å²) < 4.78 is 27.2. The summed E-state index contributed by atoms with van der Waals surface area (Å²) >= 11 is 0. The molecule has 2 aromatic rings. The molecule has 0 unspecified atom stereocenters. The summed E-state index contributed by atoms with van der Waals surface area (Å²) in [5, 5.41) is 0. The smallest absolute Gasteiger partial charge is 0.264 e. The maximum Gasteiger partial charge on any atom is 0.264 e. The standard InChI is InChI=1S/C16H18N2O2S/c1-12-4-9-16-13(11-12)3-2-10-18(16)21(19,20)15-7-5-14(17)6-8-15/h4-9,11H,2-3,10,17H2,1H3. The second-order valence-electron chi connectivity index (χ2n) is 5.38. The van der Waals surface area contributed by atoms with Crippen molar-refractivity contribution >= 4 is 21.4 Å². The van der Waals surface area contributed by atoms with Gasteiger partial charge in [-0.15, -0.1) is 0 Å². The molecule has 0 fully saturated rings. The molecule has 0 amide bonds. The van der Waals surface area contributed by atoms with Crippen LogP contribution in [0.3, 0.4) is 0 Å². The van der Waals surface area contributed by atoms with Gasteiger partial charge in [-0.05, 0) is 55.7 Å². The van der Waals surface area contributed by atoms with Crippen molar-refractivity contribution in [1.29, 1.82) is 0 Å². The molecule has 0 saturated carbocycles. The molecule has 4 nitrogen and oxygen atoms in total. The predicted molar refractivity (Wildman–Crippen MR) is 84.9 cm³/mol. The Labute approximate surface area is 125 Å². The molecule has 1 aliphatic rings. The summed E-state index contributed by atoms with van der Waals surface area (Å²) in [6.07, 6.45) is 1.76. The Morgan fingerprint density at radius 1 is 1.10 bits per heavy atom. The summed E-state index contributed by atoms with van der Waals surface area (Å²) in [5.41, 5.74) is 9.24. The number of fused-ring (bicyclic) bond motifs is 1. The third-order valence-corrected chi connectivity index (χ3v) is 5.61. The van der Waals surface area contributed by atoms with Gasteiger partial charge in [-0.1, -0.05) is 17.7 Å². The maximum absolute atomic E-state index is 12.8. The van der Waals surface area contributed by atoms with Crippen LogP contribution < -0.4 is 10.0 Å². The second-order valence-corrected chi connectivity index (χ2v) is 7.24. The molecule has 0 saturated heterocycles. The van der Waals surface area contributed by atoms with E-state index in [0.717, 1.165) is 29.7 Å². The van der Waals surface area contributed by atoms with Crippen molar-refractivity contribution in [1.82, 2.24) is 0 Å². The van der Waals surface area contributed by atoms with E-state index in [0.29, 0.717) is 12.2 Å². The lowest BCUT2D eigenvalue weighted by molar-refractivity contribution is 0.586. The zero-order valence-electron chi connectivity index (χ0n) is 11.9. The zero-order valence-corrected chi connectivity index (χ0v) is 12.7. The number of sulfonamides is 1. The summed E-state index contributed by atoms with van der Waals surface area (Å²) in [7, 11) is -3.53. The normalized spacial score (nSPS) is 14.8. The van der Waals surface area contributed by atoms with E-state index >= 15 is 0 Å². The molecule has 5 heteroatoms. The first kappa shape index (κ1) is 13.9. The van der Waals surface area contributed by atoms with Crippen LogP contribution in [0.2, 0.25) is 0 Å². The highest BCUT2D eigenvalue weighted by molar-refractivity contribution is 7.92. The van der Waals surface area contributed by atoms with Gasteiger partial charge in [-0.3, -0.25) is 4.31 Å². The highest BCUT2D eigenvalue weighted by atomic mass is 32.2. The molecule has 0 spiro atoms. The highest BCUT2D eigenvalue weighted by Gasteiger charge is 2.28. The maximum atomic E-state index is 12.8. The number of benzene rings is 2. The number of anilines is 2. The number of nitrogen functional groups attached to an aromatic ring is 1. The van der Waals surface area contributed by atoms with Crippen LogP contribution in [0.15, 0.2) is 47.4 Å². The van der Waals surface area contributed by atoms with Gasteiger partial charge in [0.25, 0.3) is 10.0 Å². The second kappa shape index (κ2) is 5.07. The van der Waals surface area contributed by atoms with Crippen molar-refractivity contribution in [2.45, 2.75) is 24.7 Å². The molecule has 21 heavy (non-hydrogen) atoms. The van der Waals surface area contributed by atoms with Crippen molar-refractivity contribution in [3.63, 3.8) is 0 Å². The van der Waals surface area contributed by atoms with Gasteiger partial charge in [-0.2, -0.15) is 0 Å². The van der Waals surface area contributed by atoms with E-state index in [9.17, 15) is 8.42 Å². The average molecular weight is 302 g/mol. The van der Waals surface area contributed by atoms with Crippen LogP contribution in [0.25, 0.3) is 0 Å². The van der Waals surface area contributed by atoms with E-state index in [4.69, 9.17) is 5.73 Å². The van der Waals surface area contributed by atoms with Gasteiger partial charge in [0.1, 0.15) is 0 Å². The molecular weight excluding hydrogens is 284 g/mol. The lowest BCUT2D eigenvalue weighted by Crippen LogP contribution is -2.35. The number of nitrogens with two attached hydrogens (primary N) is 1. The van der Waals surface area contributed by atoms with E-state index in [2.05, 4.69) is 6.07 Å². The summed E-state index contributed by atoms with van der Waals surface area (Å²) in [4.78, 5) is 0.283. The minimum atomic E-state index is -3.53. The van der Waals surface area contributed by atoms with Gasteiger partial charge in [0.15, 0.2) is 0 Å². The van der Waals surface area contributed by atoms with Crippen LogP contribution in [0.5, 0.6) is 0 Å². The molecule has 110 valence electrons. The van der Waals surface area contributed by atoms with Gasteiger partial charge in [0.2, 0.25) is 0 Å². The van der Waals surface area contributed by atoms with Crippen LogP contribution in [-0.4, -0.2) is 15.0 Å². The monoisotopic (exact) mass is 302 g/mol. The Morgan fingerprint density at radius 3 is 2.52 bits per heavy atom. The van der Waals surface area contributed by atoms with Gasteiger partial charge in [0, 0.05) is 12.2 Å². The number of hydrogen-bond donors (Lipinski definition) is 1. The zero-order chi connectivity index (χ0) is 15.0. The van der Waals surface area contributed by atoms with Crippen molar-refractivity contribution in [3.8, 4) is 0 Å². The van der Waals surface area contributed by atoms with Crippen LogP contribution in [0.1, 0.15) is 17.5 Å². The molecule has 1 aliphatic heterocycles. The molecule has 0 atom stereocenters. The topological polar surface area (TPSA) is 63.4 Å². The molecule has 0 radical (unpaired) electrons. The van der Waals surface area contributed by atoms with Gasteiger partial charge in [-0.25, -0.2) is 8.42 Å². The Morgan fingerprint density at radius 2 is 1.81 bits per heavy atom. The first-order valence-corrected chi connectivity index (χ1v) is 8.40. The first-order chi connectivity index (χ1) is 9.98. The molecule has 2 aromatic carbocycles. The van der Waals surface area contributed by atoms with Crippen LogP contribution in [-0.2, 0) is 16.4 Å². The highest BCUT2D eigenvalue weighted by Crippen LogP contribution is 2.32. The van der Waals surface area contributed by atoms with Crippen molar-refractivity contribution in [2.24, 2.45) is 0 Å². The van der Waals surface area contributed by atoms with E-state index in [-0.39, 0.29) is 4.90 Å². The summed E-state index contributed by atoms with van der Waals surface area (Å²) in [6, 6.07) is 12.3. The third kappa shape index (κ3) is 2.49. The lowest BCUT2D eigenvalue weighted by atomic mass is 10.0. The van der Waals surface area contributed by atoms with Crippen molar-refractivity contribution in [3.05, 3.63) is 53.6 Å². The fourth-order valence-electron chi connectivity index (χ4n) is 2.71. The van der Waals surface area contributed by atoms with Gasteiger partial charge >= 0.3 is 0 Å². The minimum absolute atomic E-state index is 0.283. The molecule has 0 bridgehead atoms. The Bertz CT molecular complexity index is 767. The van der Waals surface area contributed by atoms with Crippen molar-refractivity contribution < 1.29 is 8.42 Å². The van der Waals surface area contributed by atoms with Crippen LogP contribution in [0, 0.1) is 6.92 Å². The summed E-state index contributed by atoms with van der Waals surface area (Å²) in [6.45, 7) is 2.54. The number of nitrogens with zero attached hydrogens (tertiary/aromatic N) is 1. The molecule has 3 rings (SSSR count). The average Bonchev–Trinajstić information content (AvgIpc) is 2.46. The van der Waals surface area contributed by atoms with E-state index in [1.165, 1.54) is 4.31 Å². The van der Waals surface area contributed by atoms with Gasteiger partial charge in [0.05, 0.1) is 10.6 Å². The lowest BCUT2D eigenvalue weighted by Gasteiger charge is -2.30. The van der Waals surface area contributed by atoms with E-state index in [1.54, 1.807) is 24.3 Å². The Hall–Kier alpha value is -2.01. The fourth-order valence-corrected chi connectivity index (χ4v) is 4.25. The minimum Gasteiger partial charge on any atom is -0.399 e. The number of rotatable bonds is 2. The molecule has 0 aliphatic carbocycles. The molecule has 0 aromatic heterocycles. The molecular formula is C16H18N2O2S.